The molecule has 0 bridgehead atoms. The van der Waals surface area contributed by atoms with Crippen molar-refractivity contribution in [2.24, 2.45) is 0 Å². The Kier molecular flexibility index (Phi) is 7.19. The number of hydrogen-bond donors (Lipinski definition) is 2. The summed E-state index contributed by atoms with van der Waals surface area (Å²) in [4.78, 5) is 0. The molecule has 0 heterocycles. The number of thioether (sulfide) groups is 1. The van der Waals surface area contributed by atoms with Crippen molar-refractivity contribution in [2.45, 2.75) is 19.6 Å². The van der Waals surface area contributed by atoms with Crippen LogP contribution < -0.4 is 10.9 Å². The highest BCUT2D eigenvalue weighted by Gasteiger charge is 2.07. The first kappa shape index (κ1) is 14.4. The van der Waals surface area contributed by atoms with Gasteiger partial charge in [0.25, 0.3) is 0 Å². The molecule has 1 aromatic carbocycles. The summed E-state index contributed by atoms with van der Waals surface area (Å²) in [6, 6.07) is 10.3. The van der Waals surface area contributed by atoms with Gasteiger partial charge in [0.15, 0.2) is 4.32 Å². The first-order chi connectivity index (χ1) is 8.27. The molecule has 0 unspecified atom stereocenters. The summed E-state index contributed by atoms with van der Waals surface area (Å²) in [5, 5.41) is 1.82. The molecule has 0 saturated heterocycles. The zero-order chi connectivity index (χ0) is 12.5. The Labute approximate surface area is 113 Å². The van der Waals surface area contributed by atoms with Crippen LogP contribution >= 0.6 is 24.0 Å². The largest absolute Gasteiger partial charge is 0.224 e. The van der Waals surface area contributed by atoms with Crippen molar-refractivity contribution in [1.29, 1.82) is 0 Å². The molecule has 2 N–H and O–H groups in total. The van der Waals surface area contributed by atoms with Crippen LogP contribution in [0.1, 0.15) is 19.4 Å². The summed E-state index contributed by atoms with van der Waals surface area (Å²) in [6.07, 6.45) is 0. The van der Waals surface area contributed by atoms with E-state index in [1.807, 2.05) is 23.3 Å². The Bertz CT molecular complexity index is 324. The van der Waals surface area contributed by atoms with Gasteiger partial charge in [-0.05, 0) is 17.8 Å². The van der Waals surface area contributed by atoms with Gasteiger partial charge in [0.2, 0.25) is 0 Å². The number of nitrogens with zero attached hydrogens (tertiary/aromatic N) is 1. The lowest BCUT2D eigenvalue weighted by Gasteiger charge is -2.24. The second-order valence-electron chi connectivity index (χ2n) is 3.40. The minimum Gasteiger partial charge on any atom is -0.224 e. The molecule has 0 fully saturated rings. The third-order valence-electron chi connectivity index (χ3n) is 2.02. The normalized spacial score (nSPS) is 10.2. The summed E-state index contributed by atoms with van der Waals surface area (Å²) in [5.74, 6) is 0.896. The van der Waals surface area contributed by atoms with Crippen molar-refractivity contribution in [3.63, 3.8) is 0 Å². The standard InChI is InChI=1S/C12H19N3S2/c1-3-13-15(14-4-2)12(16)17-10-11-8-6-5-7-9-11/h5-9,13-14H,3-4,10H2,1-2H3. The van der Waals surface area contributed by atoms with Crippen LogP contribution in [0.4, 0.5) is 0 Å². The fourth-order valence-corrected chi connectivity index (χ4v) is 2.33. The topological polar surface area (TPSA) is 27.3 Å². The molecule has 0 aliphatic carbocycles. The third kappa shape index (κ3) is 5.50. The van der Waals surface area contributed by atoms with E-state index in [1.54, 1.807) is 11.8 Å². The van der Waals surface area contributed by atoms with Crippen LogP contribution in [0.2, 0.25) is 0 Å². The summed E-state index contributed by atoms with van der Waals surface area (Å²) in [6.45, 7) is 5.79. The van der Waals surface area contributed by atoms with Crippen molar-refractivity contribution in [3.05, 3.63) is 35.9 Å². The maximum Gasteiger partial charge on any atom is 0.167 e. The number of thiocarbonyl (C=S) groups is 1. The van der Waals surface area contributed by atoms with Crippen LogP contribution in [0.3, 0.4) is 0 Å². The van der Waals surface area contributed by atoms with E-state index < -0.39 is 0 Å². The van der Waals surface area contributed by atoms with E-state index in [9.17, 15) is 0 Å². The lowest BCUT2D eigenvalue weighted by Crippen LogP contribution is -2.50. The second kappa shape index (κ2) is 8.47. The zero-order valence-electron chi connectivity index (χ0n) is 10.3. The van der Waals surface area contributed by atoms with Gasteiger partial charge in [0, 0.05) is 18.8 Å². The molecule has 0 radical (unpaired) electrons. The molecule has 0 aliphatic heterocycles. The highest BCUT2D eigenvalue weighted by Crippen LogP contribution is 2.14. The molecule has 0 saturated carbocycles. The van der Waals surface area contributed by atoms with Crippen molar-refractivity contribution in [3.8, 4) is 0 Å². The smallest absolute Gasteiger partial charge is 0.167 e. The highest BCUT2D eigenvalue weighted by atomic mass is 32.2. The van der Waals surface area contributed by atoms with Crippen molar-refractivity contribution in [2.75, 3.05) is 13.1 Å². The first-order valence-corrected chi connectivity index (χ1v) is 7.15. The number of benzene rings is 1. The lowest BCUT2D eigenvalue weighted by molar-refractivity contribution is 0.241. The van der Waals surface area contributed by atoms with E-state index >= 15 is 0 Å². The van der Waals surface area contributed by atoms with Crippen LogP contribution in [0.25, 0.3) is 0 Å². The molecular formula is C12H19N3S2. The molecule has 1 rings (SSSR count). The molecule has 3 nitrogen and oxygen atoms in total. The monoisotopic (exact) mass is 269 g/mol. The SMILES string of the molecule is CCNN(NCC)C(=S)SCc1ccccc1. The molecule has 0 aliphatic rings. The Balaban J connectivity index is 2.41. The number of hydrogen-bond acceptors (Lipinski definition) is 4. The molecule has 0 atom stereocenters. The van der Waals surface area contributed by atoms with Gasteiger partial charge >= 0.3 is 0 Å². The average Bonchev–Trinajstić information content (AvgIpc) is 2.37. The van der Waals surface area contributed by atoms with E-state index in [0.717, 1.165) is 23.2 Å². The molecule has 5 heteroatoms. The van der Waals surface area contributed by atoms with Gasteiger partial charge in [0.05, 0.1) is 0 Å². The van der Waals surface area contributed by atoms with Gasteiger partial charge in [-0.1, -0.05) is 55.9 Å². The summed E-state index contributed by atoms with van der Waals surface area (Å²) < 4.78 is 0.817. The maximum absolute atomic E-state index is 5.37. The van der Waals surface area contributed by atoms with Crippen molar-refractivity contribution >= 4 is 28.3 Å². The van der Waals surface area contributed by atoms with E-state index in [4.69, 9.17) is 12.2 Å². The Morgan fingerprint density at radius 3 is 2.29 bits per heavy atom. The third-order valence-corrected chi connectivity index (χ3v) is 3.46. The average molecular weight is 269 g/mol. The minimum atomic E-state index is 0.817. The second-order valence-corrected chi connectivity index (χ2v) is 5.01. The van der Waals surface area contributed by atoms with Gasteiger partial charge in [-0.3, -0.25) is 0 Å². The van der Waals surface area contributed by atoms with E-state index in [-0.39, 0.29) is 0 Å². The predicted molar refractivity (Wildman–Crippen MR) is 79.5 cm³/mol. The molecule has 0 amide bonds. The lowest BCUT2D eigenvalue weighted by atomic mass is 10.2. The Morgan fingerprint density at radius 1 is 1.18 bits per heavy atom. The van der Waals surface area contributed by atoms with Gasteiger partial charge in [-0.25, -0.2) is 16.0 Å². The van der Waals surface area contributed by atoms with E-state index in [1.165, 1.54) is 5.56 Å². The molecule has 1 aromatic rings. The van der Waals surface area contributed by atoms with Crippen LogP contribution in [0.15, 0.2) is 30.3 Å². The first-order valence-electron chi connectivity index (χ1n) is 5.75. The predicted octanol–water partition coefficient (Wildman–Crippen LogP) is 2.56. The van der Waals surface area contributed by atoms with E-state index in [0.29, 0.717) is 0 Å². The molecule has 0 aromatic heterocycles. The zero-order valence-corrected chi connectivity index (χ0v) is 11.9. The van der Waals surface area contributed by atoms with Gasteiger partial charge < -0.3 is 0 Å². The quantitative estimate of drug-likeness (QED) is 0.611. The number of rotatable bonds is 6. The van der Waals surface area contributed by atoms with Gasteiger partial charge in [0.1, 0.15) is 0 Å². The van der Waals surface area contributed by atoms with Crippen LogP contribution in [0.5, 0.6) is 0 Å². The Morgan fingerprint density at radius 2 is 1.76 bits per heavy atom. The van der Waals surface area contributed by atoms with Crippen LogP contribution in [-0.4, -0.2) is 22.5 Å². The van der Waals surface area contributed by atoms with Crippen molar-refractivity contribution in [1.82, 2.24) is 16.0 Å². The summed E-state index contributed by atoms with van der Waals surface area (Å²) in [7, 11) is 0. The molecule has 0 spiro atoms. The molecule has 17 heavy (non-hydrogen) atoms. The molecular weight excluding hydrogens is 250 g/mol. The van der Waals surface area contributed by atoms with E-state index in [2.05, 4.69) is 36.8 Å². The summed E-state index contributed by atoms with van der Waals surface area (Å²) >= 11 is 7.02. The minimum absolute atomic E-state index is 0.817. The van der Waals surface area contributed by atoms with Crippen LogP contribution in [-0.2, 0) is 5.75 Å². The fourth-order valence-electron chi connectivity index (χ4n) is 1.29. The number of hydrazine groups is 2. The van der Waals surface area contributed by atoms with Crippen molar-refractivity contribution < 1.29 is 0 Å². The number of nitrogens with one attached hydrogen (secondary N) is 2. The highest BCUT2D eigenvalue weighted by molar-refractivity contribution is 8.22. The molecule has 94 valence electrons. The Hall–Kier alpha value is -0.620. The van der Waals surface area contributed by atoms with Crippen LogP contribution in [0, 0.1) is 0 Å². The van der Waals surface area contributed by atoms with Gasteiger partial charge in [-0.2, -0.15) is 0 Å². The fraction of sp³-hybridized carbons (Fsp3) is 0.417. The van der Waals surface area contributed by atoms with Gasteiger partial charge in [-0.15, -0.1) is 0 Å². The summed E-state index contributed by atoms with van der Waals surface area (Å²) in [5.41, 5.74) is 7.64. The maximum atomic E-state index is 5.37.